The minimum absolute atomic E-state index is 0.187. The van der Waals surface area contributed by atoms with Crippen LogP contribution in [0.1, 0.15) is 33.6 Å². The maximum Gasteiger partial charge on any atom is 0.317 e. The van der Waals surface area contributed by atoms with Crippen molar-refractivity contribution in [3.63, 3.8) is 0 Å². The molecule has 4 heteroatoms. The first-order valence-corrected chi connectivity index (χ1v) is 6.67. The highest BCUT2D eigenvalue weighted by Crippen LogP contribution is 2.13. The first kappa shape index (κ1) is 14.5. The molecule has 1 atom stereocenters. The van der Waals surface area contributed by atoms with Crippen molar-refractivity contribution in [2.24, 2.45) is 5.92 Å². The van der Waals surface area contributed by atoms with Gasteiger partial charge in [-0.05, 0) is 32.2 Å². The molecule has 17 heavy (non-hydrogen) atoms. The molecule has 0 saturated carbocycles. The predicted molar refractivity (Wildman–Crippen MR) is 69.2 cm³/mol. The lowest BCUT2D eigenvalue weighted by Gasteiger charge is -2.28. The number of hydrogen-bond donors (Lipinski definition) is 1. The van der Waals surface area contributed by atoms with E-state index >= 15 is 0 Å². The molecule has 1 rings (SSSR count). The Bertz CT molecular complexity index is 244. The summed E-state index contributed by atoms with van der Waals surface area (Å²) >= 11 is 0. The highest BCUT2D eigenvalue weighted by Gasteiger charge is 2.20. The van der Waals surface area contributed by atoms with E-state index in [9.17, 15) is 4.79 Å². The Morgan fingerprint density at radius 3 is 2.47 bits per heavy atom. The molecule has 1 saturated heterocycles. The van der Waals surface area contributed by atoms with Crippen LogP contribution in [0.3, 0.4) is 0 Å². The van der Waals surface area contributed by atoms with Gasteiger partial charge < -0.3 is 5.11 Å². The van der Waals surface area contributed by atoms with E-state index in [2.05, 4.69) is 25.7 Å². The Morgan fingerprint density at radius 2 is 1.88 bits per heavy atom. The molecule has 0 amide bonds. The largest absolute Gasteiger partial charge is 0.480 e. The van der Waals surface area contributed by atoms with Gasteiger partial charge in [0, 0.05) is 25.7 Å². The summed E-state index contributed by atoms with van der Waals surface area (Å²) in [5.74, 6) is 0.0112. The minimum atomic E-state index is -0.714. The van der Waals surface area contributed by atoms with E-state index in [1.54, 1.807) is 0 Å². The van der Waals surface area contributed by atoms with Gasteiger partial charge in [0.2, 0.25) is 0 Å². The average molecular weight is 242 g/mol. The first-order valence-electron chi connectivity index (χ1n) is 6.67. The Morgan fingerprint density at radius 1 is 1.18 bits per heavy atom. The van der Waals surface area contributed by atoms with Crippen molar-refractivity contribution < 1.29 is 9.90 Å². The smallest absolute Gasteiger partial charge is 0.317 e. The SMILES string of the molecule is CC(C)CC(C)N1CCCN(CC(=O)O)CC1. The molecule has 0 spiro atoms. The Labute approximate surface area is 105 Å². The van der Waals surface area contributed by atoms with Crippen molar-refractivity contribution in [3.8, 4) is 0 Å². The van der Waals surface area contributed by atoms with Crippen LogP contribution in [-0.4, -0.2) is 59.6 Å². The molecule has 0 bridgehead atoms. The topological polar surface area (TPSA) is 43.8 Å². The second-order valence-electron chi connectivity index (χ2n) is 5.54. The molecule has 0 aromatic carbocycles. The second kappa shape index (κ2) is 6.97. The molecule has 0 radical (unpaired) electrons. The van der Waals surface area contributed by atoms with Crippen LogP contribution in [-0.2, 0) is 4.79 Å². The number of carboxylic acids is 1. The first-order chi connectivity index (χ1) is 7.99. The van der Waals surface area contributed by atoms with Crippen LogP contribution in [0, 0.1) is 5.92 Å². The Hall–Kier alpha value is -0.610. The summed E-state index contributed by atoms with van der Waals surface area (Å²) in [7, 11) is 0. The zero-order chi connectivity index (χ0) is 12.8. The Balaban J connectivity index is 2.38. The minimum Gasteiger partial charge on any atom is -0.480 e. The number of carboxylic acid groups (broad SMARTS) is 1. The summed E-state index contributed by atoms with van der Waals surface area (Å²) in [6.07, 6.45) is 2.30. The van der Waals surface area contributed by atoms with Gasteiger partial charge in [0.1, 0.15) is 0 Å². The van der Waals surface area contributed by atoms with E-state index in [4.69, 9.17) is 5.11 Å². The highest BCUT2D eigenvalue weighted by molar-refractivity contribution is 5.69. The van der Waals surface area contributed by atoms with Crippen molar-refractivity contribution in [1.29, 1.82) is 0 Å². The van der Waals surface area contributed by atoms with Crippen LogP contribution in [0.2, 0.25) is 0 Å². The number of carbonyl (C=O) groups is 1. The third kappa shape index (κ3) is 5.50. The van der Waals surface area contributed by atoms with E-state index in [0.29, 0.717) is 6.04 Å². The second-order valence-corrected chi connectivity index (χ2v) is 5.54. The molecule has 1 N–H and O–H groups in total. The predicted octanol–water partition coefficient (Wildman–Crippen LogP) is 1.51. The molecule has 0 aromatic heterocycles. The molecule has 1 unspecified atom stereocenters. The van der Waals surface area contributed by atoms with Gasteiger partial charge in [0.25, 0.3) is 0 Å². The van der Waals surface area contributed by atoms with Crippen LogP contribution in [0.5, 0.6) is 0 Å². The number of aliphatic carboxylic acids is 1. The average Bonchev–Trinajstić information content (AvgIpc) is 2.41. The molecular weight excluding hydrogens is 216 g/mol. The van der Waals surface area contributed by atoms with Crippen molar-refractivity contribution in [1.82, 2.24) is 9.80 Å². The van der Waals surface area contributed by atoms with E-state index in [1.165, 1.54) is 6.42 Å². The number of nitrogens with zero attached hydrogens (tertiary/aromatic N) is 2. The van der Waals surface area contributed by atoms with Crippen LogP contribution >= 0.6 is 0 Å². The summed E-state index contributed by atoms with van der Waals surface area (Å²) in [6, 6.07) is 0.611. The molecule has 100 valence electrons. The molecule has 1 aliphatic rings. The standard InChI is InChI=1S/C13H26N2O2/c1-11(2)9-12(3)15-6-4-5-14(7-8-15)10-13(16)17/h11-12H,4-10H2,1-3H3,(H,16,17). The third-order valence-electron chi connectivity index (χ3n) is 3.42. The van der Waals surface area contributed by atoms with E-state index in [0.717, 1.165) is 38.5 Å². The molecule has 1 fully saturated rings. The van der Waals surface area contributed by atoms with Gasteiger partial charge in [0.15, 0.2) is 0 Å². The summed E-state index contributed by atoms with van der Waals surface area (Å²) in [5, 5.41) is 8.80. The van der Waals surface area contributed by atoms with Crippen molar-refractivity contribution in [2.45, 2.75) is 39.7 Å². The van der Waals surface area contributed by atoms with Gasteiger partial charge in [-0.1, -0.05) is 13.8 Å². The summed E-state index contributed by atoms with van der Waals surface area (Å²) in [5.41, 5.74) is 0. The summed E-state index contributed by atoms with van der Waals surface area (Å²) in [6.45, 7) is 10.9. The Kier molecular flexibility index (Phi) is 5.92. The normalized spacial score (nSPS) is 21.4. The van der Waals surface area contributed by atoms with Gasteiger partial charge in [0.05, 0.1) is 6.54 Å². The molecular formula is C13H26N2O2. The van der Waals surface area contributed by atoms with E-state index < -0.39 is 5.97 Å². The van der Waals surface area contributed by atoms with Crippen LogP contribution in [0.25, 0.3) is 0 Å². The van der Waals surface area contributed by atoms with E-state index in [-0.39, 0.29) is 6.54 Å². The van der Waals surface area contributed by atoms with E-state index in [1.807, 2.05) is 4.90 Å². The van der Waals surface area contributed by atoms with Gasteiger partial charge >= 0.3 is 5.97 Å². The zero-order valence-corrected chi connectivity index (χ0v) is 11.4. The lowest BCUT2D eigenvalue weighted by Crippen LogP contribution is -2.38. The summed E-state index contributed by atoms with van der Waals surface area (Å²) in [4.78, 5) is 15.2. The van der Waals surface area contributed by atoms with Gasteiger partial charge in [-0.25, -0.2) is 0 Å². The molecule has 1 heterocycles. The van der Waals surface area contributed by atoms with Gasteiger partial charge in [-0.3, -0.25) is 14.6 Å². The van der Waals surface area contributed by atoms with Crippen LogP contribution in [0.4, 0.5) is 0 Å². The fraction of sp³-hybridized carbons (Fsp3) is 0.923. The highest BCUT2D eigenvalue weighted by atomic mass is 16.4. The molecule has 1 aliphatic heterocycles. The molecule has 0 aliphatic carbocycles. The van der Waals surface area contributed by atoms with Crippen LogP contribution in [0.15, 0.2) is 0 Å². The van der Waals surface area contributed by atoms with Crippen molar-refractivity contribution in [3.05, 3.63) is 0 Å². The maximum absolute atomic E-state index is 10.7. The summed E-state index contributed by atoms with van der Waals surface area (Å²) < 4.78 is 0. The zero-order valence-electron chi connectivity index (χ0n) is 11.4. The fourth-order valence-corrected chi connectivity index (χ4v) is 2.61. The van der Waals surface area contributed by atoms with Crippen molar-refractivity contribution >= 4 is 5.97 Å². The fourth-order valence-electron chi connectivity index (χ4n) is 2.61. The molecule has 4 nitrogen and oxygen atoms in total. The van der Waals surface area contributed by atoms with Crippen molar-refractivity contribution in [2.75, 3.05) is 32.7 Å². The number of hydrogen-bond acceptors (Lipinski definition) is 3. The quantitative estimate of drug-likeness (QED) is 0.794. The van der Waals surface area contributed by atoms with Crippen LogP contribution < -0.4 is 0 Å². The number of rotatable bonds is 5. The molecule has 0 aromatic rings. The lowest BCUT2D eigenvalue weighted by atomic mass is 10.0. The third-order valence-corrected chi connectivity index (χ3v) is 3.42. The lowest BCUT2D eigenvalue weighted by molar-refractivity contribution is -0.138. The van der Waals surface area contributed by atoms with Gasteiger partial charge in [-0.2, -0.15) is 0 Å². The maximum atomic E-state index is 10.7. The monoisotopic (exact) mass is 242 g/mol. The van der Waals surface area contributed by atoms with Gasteiger partial charge in [-0.15, -0.1) is 0 Å².